The number of unbranched alkanes of at least 4 members (excludes halogenated alkanes) is 1. The van der Waals surface area contributed by atoms with Crippen LogP contribution in [0, 0.1) is 5.41 Å². The van der Waals surface area contributed by atoms with Gasteiger partial charge in [-0.25, -0.2) is 9.78 Å². The zero-order chi connectivity index (χ0) is 27.3. The third kappa shape index (κ3) is 7.42. The molecule has 0 spiro atoms. The first kappa shape index (κ1) is 30.2. The molecule has 0 atom stereocenters. The molecule has 0 unspecified atom stereocenters. The van der Waals surface area contributed by atoms with E-state index in [9.17, 15) is 9.59 Å². The van der Waals surface area contributed by atoms with Gasteiger partial charge in [0, 0.05) is 31.2 Å². The number of benzene rings is 2. The van der Waals surface area contributed by atoms with Crippen molar-refractivity contribution in [3.05, 3.63) is 92.1 Å². The Morgan fingerprint density at radius 2 is 1.72 bits per heavy atom. The van der Waals surface area contributed by atoms with Crippen LogP contribution in [0.5, 0.6) is 0 Å². The van der Waals surface area contributed by atoms with Gasteiger partial charge in [-0.2, -0.15) is 0 Å². The predicted molar refractivity (Wildman–Crippen MR) is 158 cm³/mol. The lowest BCUT2D eigenvalue weighted by Crippen LogP contribution is -2.34. The molecule has 4 aromatic rings. The van der Waals surface area contributed by atoms with Crippen LogP contribution in [0.15, 0.2) is 62.6 Å². The van der Waals surface area contributed by atoms with E-state index in [-0.39, 0.29) is 28.0 Å². The molecule has 0 saturated heterocycles. The third-order valence-electron chi connectivity index (χ3n) is 6.37. The van der Waals surface area contributed by atoms with Crippen LogP contribution in [0.25, 0.3) is 22.5 Å². The van der Waals surface area contributed by atoms with Gasteiger partial charge in [0.25, 0.3) is 5.56 Å². The molecule has 9 heteroatoms. The summed E-state index contributed by atoms with van der Waals surface area (Å²) in [6.45, 7) is 9.36. The van der Waals surface area contributed by atoms with Gasteiger partial charge in [-0.3, -0.25) is 18.9 Å². The van der Waals surface area contributed by atoms with E-state index in [1.807, 2.05) is 48.5 Å². The van der Waals surface area contributed by atoms with Crippen LogP contribution in [0.4, 0.5) is 0 Å². The van der Waals surface area contributed by atoms with Crippen molar-refractivity contribution in [1.29, 1.82) is 0 Å². The first-order chi connectivity index (χ1) is 18.2. The van der Waals surface area contributed by atoms with Gasteiger partial charge < -0.3 is 4.74 Å². The molecule has 0 amide bonds. The molecule has 2 aromatic heterocycles. The Morgan fingerprint density at radius 3 is 2.31 bits per heavy atom. The van der Waals surface area contributed by atoms with E-state index in [4.69, 9.17) is 14.2 Å². The second-order valence-electron chi connectivity index (χ2n) is 10.8. The topological polar surface area (TPSA) is 103 Å². The van der Waals surface area contributed by atoms with Gasteiger partial charge in [0.1, 0.15) is 12.4 Å². The summed E-state index contributed by atoms with van der Waals surface area (Å²) in [7, 11) is 1.63. The maximum atomic E-state index is 13.8. The highest BCUT2D eigenvalue weighted by Gasteiger charge is 2.21. The van der Waals surface area contributed by atoms with Gasteiger partial charge in [0.15, 0.2) is 5.82 Å². The van der Waals surface area contributed by atoms with Crippen LogP contribution < -0.4 is 11.3 Å². The Balaban J connectivity index is 0.00000420. The number of aromatic amines is 1. The van der Waals surface area contributed by atoms with E-state index in [0.29, 0.717) is 31.2 Å². The second kappa shape index (κ2) is 13.2. The Labute approximate surface area is 239 Å². The van der Waals surface area contributed by atoms with Crippen LogP contribution in [-0.4, -0.2) is 26.8 Å². The number of H-pyrrole nitrogens is 1. The average molecular weight is 598 g/mol. The normalized spacial score (nSPS) is 11.4. The van der Waals surface area contributed by atoms with Crippen molar-refractivity contribution in [2.75, 3.05) is 7.11 Å². The fraction of sp³-hybridized carbons (Fsp3) is 0.400. The van der Waals surface area contributed by atoms with E-state index in [1.54, 1.807) is 11.7 Å². The summed E-state index contributed by atoms with van der Waals surface area (Å²) in [5.74, 6) is 0.475. The molecule has 2 aromatic carbocycles. The standard InChI is InChI=1S/C30H36N4O4.BrH/c1-6-7-12-25-24(28(35)34(19-30(2,3)4)26(31-25)18-37-5)17-20-13-15-21(16-14-20)22-10-8-9-11-23(22)27-32-29(36)38-33-27;/h8-11,13-16H,6-7,12,17-19H2,1-5H3,(H,32,33,36);1H. The van der Waals surface area contributed by atoms with E-state index in [2.05, 4.69) is 37.8 Å². The van der Waals surface area contributed by atoms with Crippen molar-refractivity contribution in [1.82, 2.24) is 19.7 Å². The van der Waals surface area contributed by atoms with Gasteiger partial charge >= 0.3 is 5.76 Å². The highest BCUT2D eigenvalue weighted by Crippen LogP contribution is 2.30. The predicted octanol–water partition coefficient (Wildman–Crippen LogP) is 5.96. The zero-order valence-corrected chi connectivity index (χ0v) is 25.0. The summed E-state index contributed by atoms with van der Waals surface area (Å²) in [6, 6.07) is 15.8. The lowest BCUT2D eigenvalue weighted by molar-refractivity contribution is 0.168. The fourth-order valence-electron chi connectivity index (χ4n) is 4.59. The van der Waals surface area contributed by atoms with Crippen molar-refractivity contribution in [3.8, 4) is 22.5 Å². The third-order valence-corrected chi connectivity index (χ3v) is 6.37. The molecule has 39 heavy (non-hydrogen) atoms. The lowest BCUT2D eigenvalue weighted by atomic mass is 9.95. The van der Waals surface area contributed by atoms with Crippen molar-refractivity contribution in [2.45, 2.75) is 66.5 Å². The molecule has 0 radical (unpaired) electrons. The number of ether oxygens (including phenoxy) is 1. The van der Waals surface area contributed by atoms with E-state index in [1.165, 1.54) is 0 Å². The van der Waals surface area contributed by atoms with E-state index < -0.39 is 5.76 Å². The Morgan fingerprint density at radius 1 is 1.03 bits per heavy atom. The number of halogens is 1. The summed E-state index contributed by atoms with van der Waals surface area (Å²) in [6.07, 6.45) is 3.25. The van der Waals surface area contributed by atoms with Crippen LogP contribution >= 0.6 is 17.0 Å². The second-order valence-corrected chi connectivity index (χ2v) is 10.8. The van der Waals surface area contributed by atoms with Crippen molar-refractivity contribution < 1.29 is 9.26 Å². The molecule has 4 rings (SSSR count). The Kier molecular flexibility index (Phi) is 10.2. The number of hydrogen-bond acceptors (Lipinski definition) is 6. The number of nitrogens with one attached hydrogen (secondary N) is 1. The molecule has 1 N–H and O–H groups in total. The molecule has 0 aliphatic rings. The maximum Gasteiger partial charge on any atom is 0.439 e. The molecule has 2 heterocycles. The van der Waals surface area contributed by atoms with Crippen molar-refractivity contribution in [2.24, 2.45) is 5.41 Å². The first-order valence-electron chi connectivity index (χ1n) is 13.0. The summed E-state index contributed by atoms with van der Waals surface area (Å²) in [5.41, 5.74) is 5.23. The van der Waals surface area contributed by atoms with Gasteiger partial charge in [-0.15, -0.1) is 17.0 Å². The average Bonchev–Trinajstić information content (AvgIpc) is 3.33. The van der Waals surface area contributed by atoms with Crippen LogP contribution in [0.1, 0.15) is 63.2 Å². The first-order valence-corrected chi connectivity index (χ1v) is 13.0. The summed E-state index contributed by atoms with van der Waals surface area (Å²) >= 11 is 0. The monoisotopic (exact) mass is 596 g/mol. The maximum absolute atomic E-state index is 13.8. The quantitative estimate of drug-likeness (QED) is 0.242. The fourth-order valence-corrected chi connectivity index (χ4v) is 4.59. The lowest BCUT2D eigenvalue weighted by Gasteiger charge is -2.24. The number of aromatic nitrogens is 4. The summed E-state index contributed by atoms with van der Waals surface area (Å²) in [5, 5.41) is 3.85. The number of rotatable bonds is 10. The molecular formula is C30H37BrN4O4. The van der Waals surface area contributed by atoms with Gasteiger partial charge in [0.2, 0.25) is 0 Å². The summed E-state index contributed by atoms with van der Waals surface area (Å²) < 4.78 is 11.9. The van der Waals surface area contributed by atoms with Gasteiger partial charge in [-0.1, -0.05) is 87.8 Å². The highest BCUT2D eigenvalue weighted by atomic mass is 79.9. The zero-order valence-electron chi connectivity index (χ0n) is 23.2. The molecule has 0 aliphatic carbocycles. The van der Waals surface area contributed by atoms with Crippen LogP contribution in [-0.2, 0) is 30.7 Å². The molecule has 8 nitrogen and oxygen atoms in total. The Bertz CT molecular complexity index is 1500. The largest absolute Gasteiger partial charge is 0.439 e. The van der Waals surface area contributed by atoms with Crippen molar-refractivity contribution in [3.63, 3.8) is 0 Å². The number of hydrogen-bond donors (Lipinski definition) is 1. The Hall–Kier alpha value is -3.30. The van der Waals surface area contributed by atoms with E-state index >= 15 is 0 Å². The smallest absolute Gasteiger partial charge is 0.377 e. The van der Waals surface area contributed by atoms with Crippen LogP contribution in [0.2, 0.25) is 0 Å². The van der Waals surface area contributed by atoms with Gasteiger partial charge in [-0.05, 0) is 34.9 Å². The minimum atomic E-state index is -0.591. The molecular weight excluding hydrogens is 560 g/mol. The van der Waals surface area contributed by atoms with Crippen LogP contribution in [0.3, 0.4) is 0 Å². The molecule has 0 aliphatic heterocycles. The highest BCUT2D eigenvalue weighted by molar-refractivity contribution is 8.93. The molecule has 0 fully saturated rings. The minimum absolute atomic E-state index is 0. The molecule has 0 bridgehead atoms. The number of nitrogens with zero attached hydrogens (tertiary/aromatic N) is 3. The van der Waals surface area contributed by atoms with Crippen molar-refractivity contribution >= 4 is 17.0 Å². The molecule has 0 saturated carbocycles. The van der Waals surface area contributed by atoms with Gasteiger partial charge in [0.05, 0.1) is 5.69 Å². The van der Waals surface area contributed by atoms with E-state index in [0.717, 1.165) is 52.8 Å². The summed E-state index contributed by atoms with van der Waals surface area (Å²) in [4.78, 5) is 32.9. The molecule has 208 valence electrons. The SMILES string of the molecule is Br.CCCCc1nc(COC)n(CC(C)(C)C)c(=O)c1Cc1ccc(-c2ccccc2-c2noc(=O)[nH]2)cc1. The number of methoxy groups -OCH3 is 1. The number of aryl methyl sites for hydroxylation is 1. The minimum Gasteiger partial charge on any atom is -0.377 e.